The predicted octanol–water partition coefficient (Wildman–Crippen LogP) is 1.88. The van der Waals surface area contributed by atoms with Crippen molar-refractivity contribution in [3.05, 3.63) is 0 Å². The van der Waals surface area contributed by atoms with Gasteiger partial charge >= 0.3 is 0 Å². The number of rotatable bonds is 8. The highest BCUT2D eigenvalue weighted by Crippen LogP contribution is 2.67. The minimum absolute atomic E-state index is 0.489. The molecule has 0 bridgehead atoms. The summed E-state index contributed by atoms with van der Waals surface area (Å²) in [6, 6.07) is 0.527. The summed E-state index contributed by atoms with van der Waals surface area (Å²) in [5.41, 5.74) is 0.979. The summed E-state index contributed by atoms with van der Waals surface area (Å²) >= 11 is 0. The highest BCUT2D eigenvalue weighted by Gasteiger charge is 2.63. The second-order valence-electron chi connectivity index (χ2n) is 6.50. The summed E-state index contributed by atoms with van der Waals surface area (Å²) < 4.78 is 5.00. The molecular formula is C14H30N2O. The van der Waals surface area contributed by atoms with Gasteiger partial charge in [-0.25, -0.2) is 0 Å². The van der Waals surface area contributed by atoms with Crippen molar-refractivity contribution >= 4 is 0 Å². The van der Waals surface area contributed by atoms with E-state index in [4.69, 9.17) is 4.74 Å². The molecule has 1 aliphatic carbocycles. The fraction of sp³-hybridized carbons (Fsp3) is 1.00. The van der Waals surface area contributed by atoms with Gasteiger partial charge in [0.1, 0.15) is 0 Å². The standard InChI is InChI=1S/C14H30N2O/c1-11(9-15-7-8-17-6)16-10-12-13(2,3)14(12,4)5/h11-12,15-16H,7-10H2,1-6H3. The van der Waals surface area contributed by atoms with Crippen molar-refractivity contribution in [1.29, 1.82) is 0 Å². The Hall–Kier alpha value is -0.120. The molecule has 1 rings (SSSR count). The molecule has 2 N–H and O–H groups in total. The molecule has 1 atom stereocenters. The van der Waals surface area contributed by atoms with Crippen molar-refractivity contribution in [2.45, 2.75) is 40.7 Å². The molecule has 1 saturated carbocycles. The maximum absolute atomic E-state index is 5.00. The molecule has 17 heavy (non-hydrogen) atoms. The number of methoxy groups -OCH3 is 1. The second kappa shape index (κ2) is 5.68. The third kappa shape index (κ3) is 3.43. The summed E-state index contributed by atoms with van der Waals surface area (Å²) in [5, 5.41) is 7.01. The summed E-state index contributed by atoms with van der Waals surface area (Å²) in [4.78, 5) is 0. The van der Waals surface area contributed by atoms with Gasteiger partial charge in [-0.15, -0.1) is 0 Å². The molecule has 102 valence electrons. The zero-order chi connectivity index (χ0) is 13.1. The van der Waals surface area contributed by atoms with E-state index in [1.807, 2.05) is 0 Å². The SMILES string of the molecule is COCCNCC(C)NCC1C(C)(C)C1(C)C. The Kier molecular flexibility index (Phi) is 4.99. The van der Waals surface area contributed by atoms with Crippen molar-refractivity contribution in [3.8, 4) is 0 Å². The van der Waals surface area contributed by atoms with E-state index in [-0.39, 0.29) is 0 Å². The van der Waals surface area contributed by atoms with Crippen LogP contribution in [0.15, 0.2) is 0 Å². The van der Waals surface area contributed by atoms with E-state index in [1.54, 1.807) is 7.11 Å². The first-order chi connectivity index (χ1) is 7.84. The van der Waals surface area contributed by atoms with Crippen LogP contribution in [0.25, 0.3) is 0 Å². The smallest absolute Gasteiger partial charge is 0.0587 e. The predicted molar refractivity (Wildman–Crippen MR) is 73.3 cm³/mol. The summed E-state index contributed by atoms with van der Waals surface area (Å²) in [6.45, 7) is 15.6. The van der Waals surface area contributed by atoms with E-state index in [1.165, 1.54) is 0 Å². The average molecular weight is 242 g/mol. The van der Waals surface area contributed by atoms with Crippen LogP contribution in [-0.2, 0) is 4.74 Å². The molecule has 1 unspecified atom stereocenters. The maximum Gasteiger partial charge on any atom is 0.0587 e. The van der Waals surface area contributed by atoms with E-state index < -0.39 is 0 Å². The van der Waals surface area contributed by atoms with Crippen LogP contribution in [0, 0.1) is 16.7 Å². The Balaban J connectivity index is 2.11. The molecule has 0 saturated heterocycles. The van der Waals surface area contributed by atoms with E-state index in [2.05, 4.69) is 45.3 Å². The zero-order valence-corrected chi connectivity index (χ0v) is 12.4. The van der Waals surface area contributed by atoms with Crippen LogP contribution in [0.5, 0.6) is 0 Å². The Morgan fingerprint density at radius 2 is 1.76 bits per heavy atom. The Bertz CT molecular complexity index is 224. The summed E-state index contributed by atoms with van der Waals surface area (Å²) in [5.74, 6) is 0.802. The van der Waals surface area contributed by atoms with Gasteiger partial charge in [0.2, 0.25) is 0 Å². The zero-order valence-electron chi connectivity index (χ0n) is 12.4. The van der Waals surface area contributed by atoms with Crippen molar-refractivity contribution in [3.63, 3.8) is 0 Å². The molecule has 0 spiro atoms. The quantitative estimate of drug-likeness (QED) is 0.638. The molecule has 1 aliphatic rings. The van der Waals surface area contributed by atoms with Crippen molar-refractivity contribution in [1.82, 2.24) is 10.6 Å². The minimum atomic E-state index is 0.489. The largest absolute Gasteiger partial charge is 0.383 e. The lowest BCUT2D eigenvalue weighted by molar-refractivity contribution is 0.198. The van der Waals surface area contributed by atoms with Crippen LogP contribution in [0.1, 0.15) is 34.6 Å². The number of hydrogen-bond donors (Lipinski definition) is 2. The molecule has 3 nitrogen and oxygen atoms in total. The van der Waals surface area contributed by atoms with Crippen LogP contribution in [0.3, 0.4) is 0 Å². The van der Waals surface area contributed by atoms with Gasteiger partial charge in [-0.2, -0.15) is 0 Å². The van der Waals surface area contributed by atoms with Gasteiger partial charge in [-0.05, 0) is 30.2 Å². The van der Waals surface area contributed by atoms with Gasteiger partial charge < -0.3 is 15.4 Å². The molecule has 0 aromatic rings. The minimum Gasteiger partial charge on any atom is -0.383 e. The van der Waals surface area contributed by atoms with Crippen molar-refractivity contribution < 1.29 is 4.74 Å². The topological polar surface area (TPSA) is 33.3 Å². The summed E-state index contributed by atoms with van der Waals surface area (Å²) in [6.07, 6.45) is 0. The first kappa shape index (κ1) is 14.9. The number of nitrogens with one attached hydrogen (secondary N) is 2. The van der Waals surface area contributed by atoms with Crippen LogP contribution >= 0.6 is 0 Å². The third-order valence-corrected chi connectivity index (χ3v) is 4.92. The first-order valence-electron chi connectivity index (χ1n) is 6.77. The third-order valence-electron chi connectivity index (χ3n) is 4.92. The lowest BCUT2D eigenvalue weighted by Crippen LogP contribution is -2.38. The Morgan fingerprint density at radius 1 is 1.18 bits per heavy atom. The summed E-state index contributed by atoms with van der Waals surface area (Å²) in [7, 11) is 1.74. The van der Waals surface area contributed by atoms with Crippen LogP contribution in [0.4, 0.5) is 0 Å². The van der Waals surface area contributed by atoms with Gasteiger partial charge in [0.05, 0.1) is 6.61 Å². The van der Waals surface area contributed by atoms with Gasteiger partial charge in [-0.1, -0.05) is 27.7 Å². The van der Waals surface area contributed by atoms with E-state index in [9.17, 15) is 0 Å². The highest BCUT2D eigenvalue weighted by atomic mass is 16.5. The highest BCUT2D eigenvalue weighted by molar-refractivity contribution is 5.12. The van der Waals surface area contributed by atoms with E-state index in [0.717, 1.165) is 32.2 Å². The van der Waals surface area contributed by atoms with Gasteiger partial charge in [0, 0.05) is 26.2 Å². The maximum atomic E-state index is 5.00. The molecule has 0 radical (unpaired) electrons. The van der Waals surface area contributed by atoms with E-state index in [0.29, 0.717) is 16.9 Å². The monoisotopic (exact) mass is 242 g/mol. The van der Waals surface area contributed by atoms with E-state index >= 15 is 0 Å². The molecule has 0 amide bonds. The number of hydrogen-bond acceptors (Lipinski definition) is 3. The van der Waals surface area contributed by atoms with Crippen molar-refractivity contribution in [2.24, 2.45) is 16.7 Å². The molecule has 0 aliphatic heterocycles. The Morgan fingerprint density at radius 3 is 2.24 bits per heavy atom. The normalized spacial score (nSPS) is 23.6. The molecule has 0 aromatic heterocycles. The van der Waals surface area contributed by atoms with Crippen LogP contribution < -0.4 is 10.6 Å². The first-order valence-corrected chi connectivity index (χ1v) is 6.77. The average Bonchev–Trinajstić information content (AvgIpc) is 2.62. The van der Waals surface area contributed by atoms with Crippen LogP contribution in [0.2, 0.25) is 0 Å². The molecule has 1 fully saturated rings. The molecular weight excluding hydrogens is 212 g/mol. The molecule has 3 heteroatoms. The van der Waals surface area contributed by atoms with Gasteiger partial charge in [0.25, 0.3) is 0 Å². The molecule has 0 aromatic carbocycles. The lowest BCUT2D eigenvalue weighted by Gasteiger charge is -2.15. The molecule has 0 heterocycles. The number of ether oxygens (including phenoxy) is 1. The Labute approximate surface area is 107 Å². The van der Waals surface area contributed by atoms with Crippen molar-refractivity contribution in [2.75, 3.05) is 33.4 Å². The fourth-order valence-electron chi connectivity index (χ4n) is 2.73. The lowest BCUT2D eigenvalue weighted by atomic mass is 10.0. The van der Waals surface area contributed by atoms with Gasteiger partial charge in [-0.3, -0.25) is 0 Å². The second-order valence-corrected chi connectivity index (χ2v) is 6.50. The van der Waals surface area contributed by atoms with Gasteiger partial charge in [0.15, 0.2) is 0 Å². The van der Waals surface area contributed by atoms with Crippen LogP contribution in [-0.4, -0.2) is 39.4 Å². The fourth-order valence-corrected chi connectivity index (χ4v) is 2.73.